The van der Waals surface area contributed by atoms with Gasteiger partial charge in [-0.25, -0.2) is 54.8 Å². The average molecular weight is 1530 g/mol. The summed E-state index contributed by atoms with van der Waals surface area (Å²) in [6.45, 7) is 0. The van der Waals surface area contributed by atoms with Crippen molar-refractivity contribution in [2.24, 2.45) is 0 Å². The maximum Gasteiger partial charge on any atom is 0.167 e. The summed E-state index contributed by atoms with van der Waals surface area (Å²) in [6, 6.07) is 127. The van der Waals surface area contributed by atoms with Crippen molar-refractivity contribution in [3.05, 3.63) is 370 Å². The van der Waals surface area contributed by atoms with Crippen LogP contribution in [0.15, 0.2) is 374 Å². The van der Waals surface area contributed by atoms with E-state index in [1.54, 1.807) is 22.7 Å². The minimum atomic E-state index is 0.521. The zero-order valence-corrected chi connectivity index (χ0v) is 64.0. The van der Waals surface area contributed by atoms with Crippen molar-refractivity contribution >= 4 is 85.0 Å². The number of nitrogens with zero attached hydrogens (tertiary/aromatic N) is 11. The van der Waals surface area contributed by atoms with Crippen molar-refractivity contribution in [1.29, 1.82) is 0 Å². The Morgan fingerprint density at radius 3 is 1.09 bits per heavy atom. The van der Waals surface area contributed by atoms with Crippen LogP contribution in [0, 0.1) is 0 Å². The minimum absolute atomic E-state index is 0.521. The first-order chi connectivity index (χ1) is 57.9. The molecule has 0 aliphatic heterocycles. The fraction of sp³-hybridized carbons (Fsp3) is 0. The SMILES string of the molecule is c1ccc(-c2cc(-c3ccccc3)nc(-c3cc4sc5ccccc5c4cc3-c3ccc(-c4nc(-c5ccccc5)nc(-c5ccc(-c6cccc(-c7nc(-c8ccccc8)nc(-c8ccc(-c9cc(-c%10nc(-c%11ccccc%11)nc(-c%11cccc%12c%11oc%11ccccc%11%12)n%10)cc%10sc%11ccccc%11c9%10)cc8)n7)c6)cc5)n4)cc3)n2)cc1. The number of hydrogen-bond donors (Lipinski definition) is 0. The lowest BCUT2D eigenvalue weighted by Crippen LogP contribution is -2.01. The first-order valence-electron chi connectivity index (χ1n) is 38.6. The zero-order chi connectivity index (χ0) is 77.3. The number of hydrogen-bond acceptors (Lipinski definition) is 14. The van der Waals surface area contributed by atoms with Gasteiger partial charge >= 0.3 is 0 Å². The summed E-state index contributed by atoms with van der Waals surface area (Å²) in [7, 11) is 0. The van der Waals surface area contributed by atoms with E-state index >= 15 is 0 Å². The molecule has 0 aliphatic rings. The summed E-state index contributed by atoms with van der Waals surface area (Å²) in [5, 5.41) is 6.75. The summed E-state index contributed by atoms with van der Waals surface area (Å²) in [4.78, 5) is 57.7. The first kappa shape index (κ1) is 68.5. The summed E-state index contributed by atoms with van der Waals surface area (Å²) in [6.07, 6.45) is 0. The lowest BCUT2D eigenvalue weighted by Gasteiger charge is -2.14. The van der Waals surface area contributed by atoms with Gasteiger partial charge in [0, 0.05) is 112 Å². The van der Waals surface area contributed by atoms with Crippen molar-refractivity contribution in [1.82, 2.24) is 54.8 Å². The Morgan fingerprint density at radius 1 is 0.171 bits per heavy atom. The van der Waals surface area contributed by atoms with Crippen molar-refractivity contribution < 1.29 is 4.42 Å². The molecule has 15 aromatic carbocycles. The third-order valence-electron chi connectivity index (χ3n) is 21.5. The Bertz CT molecular complexity index is 7540. The number of aromatic nitrogens is 11. The van der Waals surface area contributed by atoms with E-state index in [0.29, 0.717) is 58.2 Å². The highest BCUT2D eigenvalue weighted by atomic mass is 32.1. The van der Waals surface area contributed by atoms with Crippen molar-refractivity contribution in [2.75, 3.05) is 0 Å². The van der Waals surface area contributed by atoms with Gasteiger partial charge in [0.1, 0.15) is 11.2 Å². The fourth-order valence-electron chi connectivity index (χ4n) is 15.7. The van der Waals surface area contributed by atoms with Crippen LogP contribution in [0.5, 0.6) is 0 Å². The Labute approximate surface area is 679 Å². The Kier molecular flexibility index (Phi) is 17.0. The largest absolute Gasteiger partial charge is 0.455 e. The van der Waals surface area contributed by atoms with Crippen LogP contribution in [0.25, 0.3) is 232 Å². The molecule has 546 valence electrons. The highest BCUT2D eigenvalue weighted by Gasteiger charge is 2.25. The van der Waals surface area contributed by atoms with Crippen LogP contribution in [0.3, 0.4) is 0 Å². The molecule has 0 saturated heterocycles. The van der Waals surface area contributed by atoms with E-state index < -0.39 is 0 Å². The molecular formula is C103H61N11OS2. The molecule has 0 atom stereocenters. The van der Waals surface area contributed by atoms with Crippen LogP contribution in [0.1, 0.15) is 0 Å². The average Bonchev–Trinajstić information content (AvgIpc) is 1.63. The fourth-order valence-corrected chi connectivity index (χ4v) is 18.0. The van der Waals surface area contributed by atoms with E-state index in [-0.39, 0.29) is 0 Å². The highest BCUT2D eigenvalue weighted by molar-refractivity contribution is 7.26. The normalized spacial score (nSPS) is 11.6. The van der Waals surface area contributed by atoms with Gasteiger partial charge in [-0.3, -0.25) is 0 Å². The molecule has 14 heteroatoms. The number of para-hydroxylation sites is 2. The quantitative estimate of drug-likeness (QED) is 0.0959. The van der Waals surface area contributed by atoms with Gasteiger partial charge in [0.2, 0.25) is 0 Å². The van der Waals surface area contributed by atoms with Crippen LogP contribution in [-0.4, -0.2) is 54.8 Å². The monoisotopic (exact) mass is 1530 g/mol. The number of rotatable bonds is 15. The second-order valence-electron chi connectivity index (χ2n) is 28.8. The van der Waals surface area contributed by atoms with Crippen LogP contribution in [0.4, 0.5) is 0 Å². The summed E-state index contributed by atoms with van der Waals surface area (Å²) in [5.74, 6) is 5.59. The third-order valence-corrected chi connectivity index (χ3v) is 23.8. The minimum Gasteiger partial charge on any atom is -0.455 e. The molecule has 22 rings (SSSR count). The maximum atomic E-state index is 6.58. The Hall–Kier alpha value is -15.4. The van der Waals surface area contributed by atoms with E-state index in [4.69, 9.17) is 59.2 Å². The lowest BCUT2D eigenvalue weighted by atomic mass is 9.95. The predicted molar refractivity (Wildman–Crippen MR) is 477 cm³/mol. The molecular weight excluding hydrogens is 1470 g/mol. The molecule has 7 heterocycles. The van der Waals surface area contributed by atoms with Gasteiger partial charge in [-0.2, -0.15) is 0 Å². The third kappa shape index (κ3) is 12.9. The van der Waals surface area contributed by atoms with Crippen LogP contribution >= 0.6 is 22.7 Å². The molecule has 0 aliphatic carbocycles. The second-order valence-corrected chi connectivity index (χ2v) is 31.0. The predicted octanol–water partition coefficient (Wildman–Crippen LogP) is 26.7. The molecule has 0 amide bonds. The molecule has 0 radical (unpaired) electrons. The van der Waals surface area contributed by atoms with E-state index in [2.05, 4.69) is 237 Å². The van der Waals surface area contributed by atoms with Crippen molar-refractivity contribution in [3.63, 3.8) is 0 Å². The number of benzene rings is 15. The molecule has 22 aromatic rings. The maximum absolute atomic E-state index is 6.58. The number of furan rings is 1. The lowest BCUT2D eigenvalue weighted by molar-refractivity contribution is 0.669. The molecule has 0 N–H and O–H groups in total. The Balaban J connectivity index is 0.594. The van der Waals surface area contributed by atoms with E-state index in [9.17, 15) is 0 Å². The topological polar surface area (TPSA) is 155 Å². The van der Waals surface area contributed by atoms with Gasteiger partial charge in [-0.05, 0) is 94.0 Å². The van der Waals surface area contributed by atoms with Gasteiger partial charge < -0.3 is 4.42 Å². The van der Waals surface area contributed by atoms with Crippen molar-refractivity contribution in [2.45, 2.75) is 0 Å². The zero-order valence-electron chi connectivity index (χ0n) is 62.4. The molecule has 7 aromatic heterocycles. The molecule has 0 spiro atoms. The van der Waals surface area contributed by atoms with Crippen LogP contribution < -0.4 is 0 Å². The molecule has 0 fully saturated rings. The smallest absolute Gasteiger partial charge is 0.167 e. The summed E-state index contributed by atoms with van der Waals surface area (Å²) >= 11 is 3.54. The molecule has 0 saturated carbocycles. The van der Waals surface area contributed by atoms with Crippen molar-refractivity contribution in [3.8, 4) is 170 Å². The molecule has 12 nitrogen and oxygen atoms in total. The standard InChI is InChI=1S/C103H61N11OS2/c1-6-24-65(25-7-1)85-61-86(66-26-8-2-9-27-66)105-103(104-85)84-60-90-83(77-37-17-20-42-88(77)116-90)59-81(84)63-46-52-71(53-47-63)98-107-94(67-28-10-3-11-29-67)106-97(109-98)70-50-44-62(45-51-70)73-34-22-35-74(56-73)100-110-95(68-30-12-4-13-31-68)108-99(111-100)72-54-48-64(49-55-72)82-57-75(58-91-92(82)79-38-18-21-43-89(79)117-91)101-112-96(69-32-14-5-15-33-69)113-102(114-101)80-40-23-39-78-76-36-16-19-41-87(76)115-93(78)80/h1-61H. The summed E-state index contributed by atoms with van der Waals surface area (Å²) < 4.78 is 11.3. The molecule has 117 heavy (non-hydrogen) atoms. The van der Waals surface area contributed by atoms with Crippen LogP contribution in [-0.2, 0) is 0 Å². The summed E-state index contributed by atoms with van der Waals surface area (Å²) in [5.41, 5.74) is 19.9. The van der Waals surface area contributed by atoms with Gasteiger partial charge in [0.15, 0.2) is 58.2 Å². The van der Waals surface area contributed by atoms with Crippen LogP contribution in [0.2, 0.25) is 0 Å². The number of thiophene rings is 2. The van der Waals surface area contributed by atoms with Gasteiger partial charge in [0.25, 0.3) is 0 Å². The first-order valence-corrected chi connectivity index (χ1v) is 40.2. The second kappa shape index (κ2) is 29.0. The van der Waals surface area contributed by atoms with E-state index in [0.717, 1.165) is 148 Å². The van der Waals surface area contributed by atoms with Gasteiger partial charge in [0.05, 0.1) is 17.0 Å². The number of fused-ring (bicyclic) bond motifs is 9. The van der Waals surface area contributed by atoms with E-state index in [1.165, 1.54) is 25.6 Å². The molecule has 0 bridgehead atoms. The Morgan fingerprint density at radius 2 is 0.547 bits per heavy atom. The van der Waals surface area contributed by atoms with Gasteiger partial charge in [-0.15, -0.1) is 22.7 Å². The van der Waals surface area contributed by atoms with E-state index in [1.807, 2.05) is 133 Å². The highest BCUT2D eigenvalue weighted by Crippen LogP contribution is 2.47. The molecule has 0 unspecified atom stereocenters. The van der Waals surface area contributed by atoms with Gasteiger partial charge in [-0.1, -0.05) is 309 Å².